The molecule has 1 amide bonds. The molecule has 0 unspecified atom stereocenters. The summed E-state index contributed by atoms with van der Waals surface area (Å²) in [5, 5.41) is 15.6. The molecular weight excluding hydrogens is 364 g/mol. The topological polar surface area (TPSA) is 83.4 Å². The average Bonchev–Trinajstić information content (AvgIpc) is 3.30. The predicted octanol–water partition coefficient (Wildman–Crippen LogP) is 2.55. The van der Waals surface area contributed by atoms with E-state index >= 15 is 0 Å². The Morgan fingerprint density at radius 2 is 1.93 bits per heavy atom. The van der Waals surface area contributed by atoms with Gasteiger partial charge < -0.3 is 24.5 Å². The monoisotopic (exact) mass is 383 g/mol. The fourth-order valence-corrected chi connectivity index (χ4v) is 3.56. The summed E-state index contributed by atoms with van der Waals surface area (Å²) in [5.41, 5.74) is 2.35. The molecule has 1 N–H and O–H groups in total. The lowest BCUT2D eigenvalue weighted by Crippen LogP contribution is -2.24. The van der Waals surface area contributed by atoms with Crippen molar-refractivity contribution in [1.82, 2.24) is 4.57 Å². The highest BCUT2D eigenvalue weighted by Crippen LogP contribution is 2.27. The van der Waals surface area contributed by atoms with Crippen LogP contribution in [0, 0.1) is 0 Å². The highest BCUT2D eigenvalue weighted by atomic mass is 32.1. The molecule has 0 bridgehead atoms. The van der Waals surface area contributed by atoms with E-state index in [-0.39, 0.29) is 18.9 Å². The molecule has 3 aromatic rings. The van der Waals surface area contributed by atoms with Crippen molar-refractivity contribution in [2.75, 3.05) is 12.4 Å². The van der Waals surface area contributed by atoms with E-state index in [0.29, 0.717) is 17.9 Å². The number of nitrogens with zero attached hydrogens (tertiary/aromatic N) is 1. The Balaban J connectivity index is 1.79. The molecule has 0 radical (unpaired) electrons. The Labute approximate surface area is 161 Å². The molecular formula is C20H19N2O4S-. The second kappa shape index (κ2) is 8.55. The summed E-state index contributed by atoms with van der Waals surface area (Å²) in [6.07, 6.45) is 0.220. The number of ether oxygens (including phenoxy) is 1. The van der Waals surface area contributed by atoms with Crippen LogP contribution >= 0.6 is 11.3 Å². The normalized spacial score (nSPS) is 10.6. The number of nitrogens with one attached hydrogen (secondary N) is 1. The van der Waals surface area contributed by atoms with Gasteiger partial charge in [0.1, 0.15) is 12.3 Å². The third-order valence-electron chi connectivity index (χ3n) is 4.11. The SMILES string of the molecule is COc1ccc(NC(=O)Cn2c(CCC(=O)[O-])ccc2-c2cccs2)cc1. The number of hydrogen-bond acceptors (Lipinski definition) is 5. The summed E-state index contributed by atoms with van der Waals surface area (Å²) in [6.45, 7) is 0.0919. The number of aliphatic carboxylic acids is 1. The minimum atomic E-state index is -1.11. The van der Waals surface area contributed by atoms with Gasteiger partial charge in [-0.25, -0.2) is 0 Å². The van der Waals surface area contributed by atoms with Gasteiger partial charge in [0.25, 0.3) is 0 Å². The number of amides is 1. The van der Waals surface area contributed by atoms with Crippen LogP contribution in [0.4, 0.5) is 5.69 Å². The molecule has 2 aromatic heterocycles. The molecule has 140 valence electrons. The fraction of sp³-hybridized carbons (Fsp3) is 0.200. The summed E-state index contributed by atoms with van der Waals surface area (Å²) in [6, 6.07) is 14.8. The van der Waals surface area contributed by atoms with Gasteiger partial charge in [-0.05, 0) is 60.7 Å². The molecule has 2 heterocycles. The lowest BCUT2D eigenvalue weighted by Gasteiger charge is -2.14. The van der Waals surface area contributed by atoms with Gasteiger partial charge in [-0.2, -0.15) is 0 Å². The maximum Gasteiger partial charge on any atom is 0.244 e. The van der Waals surface area contributed by atoms with E-state index in [4.69, 9.17) is 4.74 Å². The molecule has 0 aliphatic rings. The van der Waals surface area contributed by atoms with E-state index in [9.17, 15) is 14.7 Å². The van der Waals surface area contributed by atoms with E-state index in [1.807, 2.05) is 34.2 Å². The first-order valence-electron chi connectivity index (χ1n) is 8.43. The van der Waals surface area contributed by atoms with Crippen molar-refractivity contribution in [3.05, 3.63) is 59.6 Å². The van der Waals surface area contributed by atoms with Gasteiger partial charge in [0.2, 0.25) is 5.91 Å². The van der Waals surface area contributed by atoms with Gasteiger partial charge in [0.05, 0.1) is 17.7 Å². The van der Waals surface area contributed by atoms with E-state index in [0.717, 1.165) is 16.3 Å². The Morgan fingerprint density at radius 3 is 2.56 bits per heavy atom. The predicted molar refractivity (Wildman–Crippen MR) is 103 cm³/mol. The summed E-state index contributed by atoms with van der Waals surface area (Å²) >= 11 is 1.57. The van der Waals surface area contributed by atoms with Crippen LogP contribution in [-0.4, -0.2) is 23.6 Å². The van der Waals surface area contributed by atoms with Crippen LogP contribution in [0.2, 0.25) is 0 Å². The zero-order valence-electron chi connectivity index (χ0n) is 14.8. The quantitative estimate of drug-likeness (QED) is 0.648. The first kappa shape index (κ1) is 18.7. The molecule has 0 saturated heterocycles. The number of thiophene rings is 1. The van der Waals surface area contributed by atoms with Gasteiger partial charge >= 0.3 is 0 Å². The second-order valence-electron chi connectivity index (χ2n) is 5.92. The van der Waals surface area contributed by atoms with Crippen molar-refractivity contribution >= 4 is 28.9 Å². The molecule has 6 nitrogen and oxygen atoms in total. The van der Waals surface area contributed by atoms with Gasteiger partial charge in [0, 0.05) is 17.4 Å². The molecule has 0 fully saturated rings. The van der Waals surface area contributed by atoms with Crippen LogP contribution in [0.3, 0.4) is 0 Å². The maximum absolute atomic E-state index is 12.6. The molecule has 0 atom stereocenters. The third kappa shape index (κ3) is 4.77. The molecule has 27 heavy (non-hydrogen) atoms. The van der Waals surface area contributed by atoms with E-state index in [1.165, 1.54) is 0 Å². The van der Waals surface area contributed by atoms with Crippen LogP contribution < -0.4 is 15.2 Å². The van der Waals surface area contributed by atoms with Gasteiger partial charge in [-0.1, -0.05) is 6.07 Å². The summed E-state index contributed by atoms with van der Waals surface area (Å²) < 4.78 is 6.96. The summed E-state index contributed by atoms with van der Waals surface area (Å²) in [7, 11) is 1.58. The number of aryl methyl sites for hydroxylation is 1. The van der Waals surface area contributed by atoms with Crippen molar-refractivity contribution in [2.45, 2.75) is 19.4 Å². The van der Waals surface area contributed by atoms with E-state index < -0.39 is 5.97 Å². The number of carboxylic acid groups (broad SMARTS) is 1. The van der Waals surface area contributed by atoms with E-state index in [2.05, 4.69) is 5.32 Å². The number of carboxylic acids is 1. The molecule has 0 saturated carbocycles. The molecule has 7 heteroatoms. The first-order chi connectivity index (χ1) is 13.1. The Morgan fingerprint density at radius 1 is 1.15 bits per heavy atom. The van der Waals surface area contributed by atoms with Crippen molar-refractivity contribution in [2.24, 2.45) is 0 Å². The Bertz CT molecular complexity index is 914. The Kier molecular flexibility index (Phi) is 5.93. The smallest absolute Gasteiger partial charge is 0.244 e. The Hall–Kier alpha value is -3.06. The number of aromatic nitrogens is 1. The number of hydrogen-bond donors (Lipinski definition) is 1. The van der Waals surface area contributed by atoms with Crippen molar-refractivity contribution < 1.29 is 19.4 Å². The van der Waals surface area contributed by atoms with Gasteiger partial charge in [0.15, 0.2) is 0 Å². The van der Waals surface area contributed by atoms with Crippen molar-refractivity contribution in [1.29, 1.82) is 0 Å². The van der Waals surface area contributed by atoms with Crippen LogP contribution in [0.5, 0.6) is 5.75 Å². The molecule has 0 aliphatic heterocycles. The zero-order valence-corrected chi connectivity index (χ0v) is 15.6. The van der Waals surface area contributed by atoms with E-state index in [1.54, 1.807) is 42.7 Å². The summed E-state index contributed by atoms with van der Waals surface area (Å²) in [5.74, 6) is -0.588. The lowest BCUT2D eigenvalue weighted by atomic mass is 10.2. The number of anilines is 1. The molecule has 3 rings (SSSR count). The third-order valence-corrected chi connectivity index (χ3v) is 5.00. The van der Waals surface area contributed by atoms with Crippen molar-refractivity contribution in [3.8, 4) is 16.3 Å². The minimum Gasteiger partial charge on any atom is -0.550 e. The van der Waals surface area contributed by atoms with Crippen LogP contribution in [-0.2, 0) is 22.6 Å². The van der Waals surface area contributed by atoms with Crippen LogP contribution in [0.25, 0.3) is 10.6 Å². The molecule has 1 aromatic carbocycles. The van der Waals surface area contributed by atoms with Crippen molar-refractivity contribution in [3.63, 3.8) is 0 Å². The first-order valence-corrected chi connectivity index (χ1v) is 9.31. The number of carbonyl (C=O) groups excluding carboxylic acids is 2. The zero-order chi connectivity index (χ0) is 19.2. The van der Waals surface area contributed by atoms with Gasteiger partial charge in [-0.3, -0.25) is 4.79 Å². The number of carbonyl (C=O) groups is 2. The number of methoxy groups -OCH3 is 1. The second-order valence-corrected chi connectivity index (χ2v) is 6.87. The number of benzene rings is 1. The van der Waals surface area contributed by atoms with Gasteiger partial charge in [-0.15, -0.1) is 11.3 Å². The largest absolute Gasteiger partial charge is 0.550 e. The number of rotatable bonds is 8. The molecule has 0 spiro atoms. The fourth-order valence-electron chi connectivity index (χ4n) is 2.80. The molecule has 0 aliphatic carbocycles. The average molecular weight is 383 g/mol. The minimum absolute atomic E-state index is 0.0893. The highest BCUT2D eigenvalue weighted by Gasteiger charge is 2.14. The van der Waals surface area contributed by atoms with Crippen LogP contribution in [0.15, 0.2) is 53.9 Å². The standard InChI is InChI=1S/C20H20N2O4S/c1-26-16-8-4-14(5-9-16)21-19(23)13-22-15(7-11-20(24)25)6-10-17(22)18-3-2-12-27-18/h2-6,8-10,12H,7,11,13H2,1H3,(H,21,23)(H,24,25)/p-1. The summed E-state index contributed by atoms with van der Waals surface area (Å²) in [4.78, 5) is 24.4. The highest BCUT2D eigenvalue weighted by molar-refractivity contribution is 7.13. The lowest BCUT2D eigenvalue weighted by molar-refractivity contribution is -0.305. The van der Waals surface area contributed by atoms with Crippen LogP contribution in [0.1, 0.15) is 12.1 Å². The maximum atomic E-state index is 12.6.